The van der Waals surface area contributed by atoms with E-state index in [0.29, 0.717) is 33.0 Å². The summed E-state index contributed by atoms with van der Waals surface area (Å²) in [6.45, 7) is 1.82. The molecule has 2 aromatic carbocycles. The van der Waals surface area contributed by atoms with Crippen LogP contribution in [0.1, 0.15) is 17.9 Å². The largest absolute Gasteiger partial charge is 0.455 e. The zero-order valence-electron chi connectivity index (χ0n) is 11.7. The third-order valence-electron chi connectivity index (χ3n) is 3.28. The average molecular weight is 336 g/mol. The number of ether oxygens (including phenoxy) is 1. The van der Waals surface area contributed by atoms with Gasteiger partial charge < -0.3 is 4.74 Å². The minimum atomic E-state index is -0.359. The smallest absolute Gasteiger partial charge is 0.149 e. The highest BCUT2D eigenvalue weighted by Crippen LogP contribution is 2.37. The Balaban J connectivity index is 2.02. The summed E-state index contributed by atoms with van der Waals surface area (Å²) >= 11 is 12.3. The molecular weight excluding hydrogens is 324 g/mol. The molecule has 1 atom stereocenters. The van der Waals surface area contributed by atoms with Crippen LogP contribution in [0.5, 0.6) is 11.5 Å². The molecule has 2 nitrogen and oxygen atoms in total. The summed E-state index contributed by atoms with van der Waals surface area (Å²) in [5, 5.41) is 0.911. The highest BCUT2D eigenvalue weighted by Gasteiger charge is 2.14. The first-order valence-electron chi connectivity index (χ1n) is 6.71. The fourth-order valence-corrected chi connectivity index (χ4v) is 2.89. The van der Waals surface area contributed by atoms with Gasteiger partial charge in [-0.25, -0.2) is 9.37 Å². The van der Waals surface area contributed by atoms with Crippen molar-refractivity contribution in [1.82, 2.24) is 4.98 Å². The van der Waals surface area contributed by atoms with E-state index in [2.05, 4.69) is 4.98 Å². The van der Waals surface area contributed by atoms with E-state index in [1.807, 2.05) is 6.92 Å². The van der Waals surface area contributed by atoms with Crippen molar-refractivity contribution in [2.24, 2.45) is 0 Å². The van der Waals surface area contributed by atoms with E-state index in [9.17, 15) is 4.39 Å². The summed E-state index contributed by atoms with van der Waals surface area (Å²) in [6, 6.07) is 11.9. The molecule has 0 N–H and O–H groups in total. The number of hydrogen-bond acceptors (Lipinski definition) is 2. The van der Waals surface area contributed by atoms with Gasteiger partial charge >= 0.3 is 0 Å². The number of fused-ring (bicyclic) bond motifs is 1. The van der Waals surface area contributed by atoms with Crippen LogP contribution in [-0.2, 0) is 0 Å². The highest BCUT2D eigenvalue weighted by molar-refractivity contribution is 6.33. The van der Waals surface area contributed by atoms with Gasteiger partial charge in [-0.1, -0.05) is 29.8 Å². The molecule has 3 aromatic rings. The zero-order valence-corrected chi connectivity index (χ0v) is 13.2. The van der Waals surface area contributed by atoms with Crippen LogP contribution in [0.4, 0.5) is 4.39 Å². The van der Waals surface area contributed by atoms with Crippen LogP contribution in [0.15, 0.2) is 48.7 Å². The number of rotatable bonds is 3. The lowest BCUT2D eigenvalue weighted by Gasteiger charge is -2.14. The van der Waals surface area contributed by atoms with E-state index in [-0.39, 0.29) is 11.2 Å². The van der Waals surface area contributed by atoms with Gasteiger partial charge in [0, 0.05) is 16.0 Å². The molecule has 0 bridgehead atoms. The molecule has 0 aliphatic rings. The molecule has 3 rings (SSSR count). The summed E-state index contributed by atoms with van der Waals surface area (Å²) in [6.07, 6.45) is 1.48. The van der Waals surface area contributed by atoms with Gasteiger partial charge in [-0.05, 0) is 31.2 Å². The van der Waals surface area contributed by atoms with E-state index in [1.165, 1.54) is 12.3 Å². The Bertz CT molecular complexity index is 836. The lowest BCUT2D eigenvalue weighted by molar-refractivity contribution is 0.475. The van der Waals surface area contributed by atoms with E-state index in [4.69, 9.17) is 27.9 Å². The molecule has 5 heteroatoms. The van der Waals surface area contributed by atoms with Gasteiger partial charge in [-0.3, -0.25) is 0 Å². The third-order valence-corrected chi connectivity index (χ3v) is 3.82. The van der Waals surface area contributed by atoms with Crippen molar-refractivity contribution in [2.75, 3.05) is 0 Å². The molecule has 22 heavy (non-hydrogen) atoms. The fraction of sp³-hybridized carbons (Fsp3) is 0.118. The summed E-state index contributed by atoms with van der Waals surface area (Å²) in [4.78, 5) is 4.11. The molecule has 0 saturated heterocycles. The first kappa shape index (κ1) is 15.1. The molecule has 1 heterocycles. The monoisotopic (exact) mass is 335 g/mol. The number of halogens is 3. The topological polar surface area (TPSA) is 22.1 Å². The molecule has 0 fully saturated rings. The van der Waals surface area contributed by atoms with Gasteiger partial charge in [-0.2, -0.15) is 0 Å². The maximum absolute atomic E-state index is 13.6. The molecule has 1 unspecified atom stereocenters. The Labute approximate surface area is 137 Å². The lowest BCUT2D eigenvalue weighted by atomic mass is 10.1. The Hall–Kier alpha value is -1.84. The zero-order chi connectivity index (χ0) is 15.7. The number of alkyl halides is 1. The molecule has 0 spiro atoms. The average Bonchev–Trinajstić information content (AvgIpc) is 2.47. The van der Waals surface area contributed by atoms with Gasteiger partial charge in [0.15, 0.2) is 0 Å². The number of benzene rings is 2. The van der Waals surface area contributed by atoms with Gasteiger partial charge in [0.25, 0.3) is 0 Å². The maximum atomic E-state index is 13.6. The van der Waals surface area contributed by atoms with Crippen molar-refractivity contribution in [1.29, 1.82) is 0 Å². The Morgan fingerprint density at radius 3 is 2.73 bits per heavy atom. The highest BCUT2D eigenvalue weighted by atomic mass is 35.5. The Kier molecular flexibility index (Phi) is 4.19. The minimum absolute atomic E-state index is 0.297. The molecule has 0 aliphatic heterocycles. The van der Waals surface area contributed by atoms with Crippen molar-refractivity contribution in [3.63, 3.8) is 0 Å². The van der Waals surface area contributed by atoms with E-state index < -0.39 is 0 Å². The SMILES string of the molecule is CC(Cl)c1c(Cl)cccc1Oc1cnc2c(F)cccc2c1. The van der Waals surface area contributed by atoms with E-state index in [0.717, 1.165) is 0 Å². The van der Waals surface area contributed by atoms with Crippen LogP contribution in [0, 0.1) is 5.82 Å². The second kappa shape index (κ2) is 6.11. The number of hydrogen-bond donors (Lipinski definition) is 0. The molecule has 112 valence electrons. The van der Waals surface area contributed by atoms with Crippen molar-refractivity contribution in [2.45, 2.75) is 12.3 Å². The maximum Gasteiger partial charge on any atom is 0.149 e. The van der Waals surface area contributed by atoms with Crippen LogP contribution in [0.2, 0.25) is 5.02 Å². The van der Waals surface area contributed by atoms with E-state index >= 15 is 0 Å². The van der Waals surface area contributed by atoms with Crippen molar-refractivity contribution < 1.29 is 9.13 Å². The lowest BCUT2D eigenvalue weighted by Crippen LogP contribution is -1.94. The second-order valence-corrected chi connectivity index (χ2v) is 5.91. The Morgan fingerprint density at radius 2 is 1.95 bits per heavy atom. The number of para-hydroxylation sites is 1. The number of nitrogens with zero attached hydrogens (tertiary/aromatic N) is 1. The van der Waals surface area contributed by atoms with Crippen LogP contribution < -0.4 is 4.74 Å². The summed E-state index contributed by atoms with van der Waals surface area (Å²) < 4.78 is 19.5. The minimum Gasteiger partial charge on any atom is -0.455 e. The van der Waals surface area contributed by atoms with Crippen molar-refractivity contribution in [3.05, 3.63) is 65.1 Å². The quantitative estimate of drug-likeness (QED) is 0.538. The molecule has 0 aliphatic carbocycles. The fourth-order valence-electron chi connectivity index (χ4n) is 2.28. The van der Waals surface area contributed by atoms with Gasteiger partial charge in [0.1, 0.15) is 22.8 Å². The second-order valence-electron chi connectivity index (χ2n) is 4.85. The van der Waals surface area contributed by atoms with Crippen molar-refractivity contribution >= 4 is 34.1 Å². The summed E-state index contributed by atoms with van der Waals surface area (Å²) in [5.74, 6) is 0.702. The molecule has 0 saturated carbocycles. The molecule has 1 aromatic heterocycles. The first-order valence-corrected chi connectivity index (χ1v) is 7.52. The number of aromatic nitrogens is 1. The van der Waals surface area contributed by atoms with Crippen LogP contribution in [0.25, 0.3) is 10.9 Å². The predicted octanol–water partition coefficient (Wildman–Crippen LogP) is 6.12. The summed E-state index contributed by atoms with van der Waals surface area (Å²) in [5.41, 5.74) is 1.03. The van der Waals surface area contributed by atoms with Crippen molar-refractivity contribution in [3.8, 4) is 11.5 Å². The van der Waals surface area contributed by atoms with Crippen LogP contribution in [-0.4, -0.2) is 4.98 Å². The van der Waals surface area contributed by atoms with Crippen LogP contribution in [0.3, 0.4) is 0 Å². The van der Waals surface area contributed by atoms with Gasteiger partial charge in [0.2, 0.25) is 0 Å². The standard InChI is InChI=1S/C17H12Cl2FNO/c1-10(18)16-13(19)5-3-7-15(16)22-12-8-11-4-2-6-14(20)17(11)21-9-12/h2-10H,1H3. The van der Waals surface area contributed by atoms with E-state index in [1.54, 1.807) is 36.4 Å². The van der Waals surface area contributed by atoms with Gasteiger partial charge in [0.05, 0.1) is 11.6 Å². The predicted molar refractivity (Wildman–Crippen MR) is 87.5 cm³/mol. The summed E-state index contributed by atoms with van der Waals surface area (Å²) in [7, 11) is 0. The first-order chi connectivity index (χ1) is 10.6. The van der Waals surface area contributed by atoms with Crippen LogP contribution >= 0.6 is 23.2 Å². The normalized spacial score (nSPS) is 12.4. The Morgan fingerprint density at radius 1 is 1.18 bits per heavy atom. The molecule has 0 amide bonds. The molecule has 0 radical (unpaired) electrons. The third kappa shape index (κ3) is 2.87. The van der Waals surface area contributed by atoms with Gasteiger partial charge in [-0.15, -0.1) is 11.6 Å². The number of pyridine rings is 1. The molecular formula is C17H12Cl2FNO.